The van der Waals surface area contributed by atoms with E-state index in [0.29, 0.717) is 0 Å². The van der Waals surface area contributed by atoms with Gasteiger partial charge in [0.05, 0.1) is 6.10 Å². The Balaban J connectivity index is 2.04. The topological polar surface area (TPSA) is 41.5 Å². The monoisotopic (exact) mass is 261 g/mol. The largest absolute Gasteiger partial charge is 0.488 e. The van der Waals surface area contributed by atoms with Gasteiger partial charge in [0.2, 0.25) is 5.92 Å². The van der Waals surface area contributed by atoms with Crippen molar-refractivity contribution in [1.29, 1.82) is 0 Å². The summed E-state index contributed by atoms with van der Waals surface area (Å²) in [4.78, 5) is 0. The van der Waals surface area contributed by atoms with Gasteiger partial charge in [-0.1, -0.05) is 0 Å². The Morgan fingerprint density at radius 3 is 2.56 bits per heavy atom. The first-order valence-electron chi connectivity index (χ1n) is 5.74. The lowest BCUT2D eigenvalue weighted by atomic mass is 9.94. The van der Waals surface area contributed by atoms with Gasteiger partial charge >= 0.3 is 0 Å². The second-order valence-corrected chi connectivity index (χ2v) is 4.43. The van der Waals surface area contributed by atoms with Gasteiger partial charge in [0.15, 0.2) is 0 Å². The second-order valence-electron chi connectivity index (χ2n) is 4.43. The SMILES string of the molecule is ONc1ccc(F)cc1OC1CCC(F)(F)CC1. The molecule has 1 aromatic rings. The minimum Gasteiger partial charge on any atom is -0.488 e. The Bertz CT molecular complexity index is 416. The fourth-order valence-electron chi connectivity index (χ4n) is 2.00. The van der Waals surface area contributed by atoms with Crippen LogP contribution >= 0.6 is 0 Å². The smallest absolute Gasteiger partial charge is 0.248 e. The van der Waals surface area contributed by atoms with Crippen LogP contribution in [0.4, 0.5) is 18.9 Å². The second kappa shape index (κ2) is 5.06. The molecule has 1 aliphatic carbocycles. The molecule has 100 valence electrons. The normalized spacial score (nSPS) is 19.6. The standard InChI is InChI=1S/C12H14F3NO2/c13-8-1-2-10(16-17)11(7-8)18-9-3-5-12(14,15)6-4-9/h1-2,7,9,16-17H,3-6H2. The molecule has 0 aliphatic heterocycles. The number of halogens is 3. The molecule has 18 heavy (non-hydrogen) atoms. The summed E-state index contributed by atoms with van der Waals surface area (Å²) in [6.45, 7) is 0. The molecule has 6 heteroatoms. The zero-order chi connectivity index (χ0) is 13.2. The highest BCUT2D eigenvalue weighted by Crippen LogP contribution is 2.36. The van der Waals surface area contributed by atoms with Crippen molar-refractivity contribution in [3.8, 4) is 5.75 Å². The highest BCUT2D eigenvalue weighted by atomic mass is 19.3. The number of alkyl halides is 2. The Hall–Kier alpha value is -1.43. The van der Waals surface area contributed by atoms with Crippen LogP contribution in [0.2, 0.25) is 0 Å². The van der Waals surface area contributed by atoms with Gasteiger partial charge in [-0.15, -0.1) is 0 Å². The van der Waals surface area contributed by atoms with E-state index in [9.17, 15) is 13.2 Å². The minimum atomic E-state index is -2.63. The molecule has 0 heterocycles. The first kappa shape index (κ1) is 13.0. The van der Waals surface area contributed by atoms with Crippen molar-refractivity contribution in [2.24, 2.45) is 0 Å². The van der Waals surface area contributed by atoms with E-state index in [0.717, 1.165) is 6.07 Å². The number of nitrogens with one attached hydrogen (secondary N) is 1. The van der Waals surface area contributed by atoms with E-state index in [4.69, 9.17) is 9.94 Å². The van der Waals surface area contributed by atoms with Crippen LogP contribution in [0.1, 0.15) is 25.7 Å². The Labute approximate surface area is 103 Å². The van der Waals surface area contributed by atoms with E-state index in [1.807, 2.05) is 5.48 Å². The van der Waals surface area contributed by atoms with Crippen molar-refractivity contribution in [3.05, 3.63) is 24.0 Å². The van der Waals surface area contributed by atoms with E-state index in [2.05, 4.69) is 0 Å². The van der Waals surface area contributed by atoms with E-state index in [1.165, 1.54) is 12.1 Å². The van der Waals surface area contributed by atoms with E-state index in [-0.39, 0.29) is 43.2 Å². The Morgan fingerprint density at radius 2 is 1.94 bits per heavy atom. The maximum absolute atomic E-state index is 13.1. The van der Waals surface area contributed by atoms with Gasteiger partial charge in [-0.2, -0.15) is 0 Å². The zero-order valence-corrected chi connectivity index (χ0v) is 9.63. The van der Waals surface area contributed by atoms with Gasteiger partial charge < -0.3 is 4.74 Å². The molecule has 0 aromatic heterocycles. The number of benzene rings is 1. The van der Waals surface area contributed by atoms with Crippen LogP contribution in [0.15, 0.2) is 18.2 Å². The summed E-state index contributed by atoms with van der Waals surface area (Å²) in [5.74, 6) is -3.00. The quantitative estimate of drug-likeness (QED) is 0.817. The lowest BCUT2D eigenvalue weighted by Gasteiger charge is -2.29. The fourth-order valence-corrected chi connectivity index (χ4v) is 2.00. The molecule has 0 unspecified atom stereocenters. The lowest BCUT2D eigenvalue weighted by Crippen LogP contribution is -2.30. The predicted molar refractivity (Wildman–Crippen MR) is 59.6 cm³/mol. The average Bonchev–Trinajstić information content (AvgIpc) is 2.32. The summed E-state index contributed by atoms with van der Waals surface area (Å²) in [6, 6.07) is 3.60. The number of ether oxygens (including phenoxy) is 1. The average molecular weight is 261 g/mol. The molecule has 1 aromatic carbocycles. The molecule has 1 saturated carbocycles. The van der Waals surface area contributed by atoms with Crippen LogP contribution in [0.25, 0.3) is 0 Å². The van der Waals surface area contributed by atoms with Gasteiger partial charge in [-0.3, -0.25) is 10.7 Å². The van der Waals surface area contributed by atoms with Crippen molar-refractivity contribution in [2.45, 2.75) is 37.7 Å². The summed E-state index contributed by atoms with van der Waals surface area (Å²) in [5.41, 5.74) is 2.11. The van der Waals surface area contributed by atoms with Crippen molar-refractivity contribution in [2.75, 3.05) is 5.48 Å². The highest BCUT2D eigenvalue weighted by Gasteiger charge is 2.35. The van der Waals surface area contributed by atoms with E-state index >= 15 is 0 Å². The molecule has 1 aliphatic rings. The van der Waals surface area contributed by atoms with Gasteiger partial charge in [0, 0.05) is 18.9 Å². The highest BCUT2D eigenvalue weighted by molar-refractivity contribution is 5.54. The molecule has 0 bridgehead atoms. The number of rotatable bonds is 3. The summed E-state index contributed by atoms with van der Waals surface area (Å²) < 4.78 is 44.4. The van der Waals surface area contributed by atoms with Gasteiger partial charge in [-0.05, 0) is 25.0 Å². The molecule has 0 amide bonds. The van der Waals surface area contributed by atoms with Crippen LogP contribution in [-0.4, -0.2) is 17.2 Å². The predicted octanol–water partition coefficient (Wildman–Crippen LogP) is 3.58. The number of anilines is 1. The summed E-state index contributed by atoms with van der Waals surface area (Å²) in [7, 11) is 0. The van der Waals surface area contributed by atoms with Crippen LogP contribution in [0.5, 0.6) is 5.75 Å². The molecule has 1 fully saturated rings. The molecule has 0 radical (unpaired) electrons. The van der Waals surface area contributed by atoms with Crippen LogP contribution in [-0.2, 0) is 0 Å². The maximum atomic E-state index is 13.1. The van der Waals surface area contributed by atoms with Gasteiger partial charge in [0.25, 0.3) is 0 Å². The molecule has 2 N–H and O–H groups in total. The Kier molecular flexibility index (Phi) is 3.65. The molecular weight excluding hydrogens is 247 g/mol. The zero-order valence-electron chi connectivity index (χ0n) is 9.63. The summed E-state index contributed by atoms with van der Waals surface area (Å²) in [6.07, 6.45) is -0.398. The van der Waals surface area contributed by atoms with Crippen molar-refractivity contribution in [1.82, 2.24) is 0 Å². The van der Waals surface area contributed by atoms with Crippen molar-refractivity contribution < 1.29 is 23.1 Å². The van der Waals surface area contributed by atoms with E-state index < -0.39 is 11.7 Å². The van der Waals surface area contributed by atoms with Gasteiger partial charge in [-0.25, -0.2) is 13.2 Å². The molecule has 0 saturated heterocycles. The van der Waals surface area contributed by atoms with E-state index in [1.54, 1.807) is 0 Å². The molecule has 3 nitrogen and oxygen atoms in total. The lowest BCUT2D eigenvalue weighted by molar-refractivity contribution is -0.0582. The van der Waals surface area contributed by atoms with Crippen LogP contribution in [0, 0.1) is 5.82 Å². The number of hydrogen-bond acceptors (Lipinski definition) is 3. The van der Waals surface area contributed by atoms with Gasteiger partial charge in [0.1, 0.15) is 17.3 Å². The third kappa shape index (κ3) is 3.07. The number of hydrogen-bond donors (Lipinski definition) is 2. The third-order valence-electron chi connectivity index (χ3n) is 3.02. The molecule has 0 atom stereocenters. The summed E-state index contributed by atoms with van der Waals surface area (Å²) >= 11 is 0. The van der Waals surface area contributed by atoms with Crippen molar-refractivity contribution >= 4 is 5.69 Å². The third-order valence-corrected chi connectivity index (χ3v) is 3.02. The van der Waals surface area contributed by atoms with Crippen LogP contribution in [0.3, 0.4) is 0 Å². The molecular formula is C12H14F3NO2. The maximum Gasteiger partial charge on any atom is 0.248 e. The summed E-state index contributed by atoms with van der Waals surface area (Å²) in [5, 5.41) is 8.85. The first-order valence-corrected chi connectivity index (χ1v) is 5.74. The van der Waals surface area contributed by atoms with Crippen LogP contribution < -0.4 is 10.2 Å². The molecule has 2 rings (SSSR count). The first-order chi connectivity index (χ1) is 8.50. The molecule has 0 spiro atoms. The Morgan fingerprint density at radius 1 is 1.28 bits per heavy atom. The van der Waals surface area contributed by atoms with Crippen molar-refractivity contribution in [3.63, 3.8) is 0 Å². The minimum absolute atomic E-state index is 0.132. The fraction of sp³-hybridized carbons (Fsp3) is 0.500.